The lowest BCUT2D eigenvalue weighted by Gasteiger charge is -2.12. The van der Waals surface area contributed by atoms with Crippen molar-refractivity contribution >= 4 is 81.9 Å². The van der Waals surface area contributed by atoms with Gasteiger partial charge >= 0.3 is 6.95 Å². The highest BCUT2D eigenvalue weighted by molar-refractivity contribution is 9.25. The average Bonchev–Trinajstić information content (AvgIpc) is 2.01. The highest BCUT2D eigenvalue weighted by atomic mass is 79.9. The summed E-state index contributed by atoms with van der Waals surface area (Å²) in [4.78, 5) is 0. The summed E-state index contributed by atoms with van der Waals surface area (Å²) < 4.78 is 21.5. The summed E-state index contributed by atoms with van der Waals surface area (Å²) in [5.41, 5.74) is 0. The van der Waals surface area contributed by atoms with Crippen molar-refractivity contribution < 1.29 is 13.6 Å². The van der Waals surface area contributed by atoms with Crippen LogP contribution in [0.1, 0.15) is 12.8 Å². The van der Waals surface area contributed by atoms with Gasteiger partial charge in [0.05, 0.1) is 20.7 Å². The quantitative estimate of drug-likeness (QED) is 0.321. The molecule has 0 aliphatic rings. The lowest BCUT2D eigenvalue weighted by molar-refractivity contribution is 0.219. The van der Waals surface area contributed by atoms with E-state index in [1.807, 2.05) is 0 Å². The van der Waals surface area contributed by atoms with Crippen LogP contribution in [0.4, 0.5) is 0 Å². The largest absolute Gasteiger partial charge is 0.424 e. The second kappa shape index (κ2) is 9.31. The summed E-state index contributed by atoms with van der Waals surface area (Å²) in [6.07, 6.45) is 1.30. The molecule has 0 unspecified atom stereocenters. The zero-order chi connectivity index (χ0) is 11.9. The second-order valence-electron chi connectivity index (χ2n) is 2.46. The molecule has 0 aromatic rings. The van der Waals surface area contributed by atoms with Gasteiger partial charge in [-0.05, 0) is 12.8 Å². The summed E-state index contributed by atoms with van der Waals surface area (Å²) in [5.74, 6) is 0. The van der Waals surface area contributed by atoms with Crippen molar-refractivity contribution in [3.63, 3.8) is 0 Å². The third-order valence-electron chi connectivity index (χ3n) is 1.16. The van der Waals surface area contributed by atoms with Crippen molar-refractivity contribution in [2.45, 2.75) is 20.3 Å². The molecule has 9 heteroatoms. The van der Waals surface area contributed by atoms with E-state index in [0.29, 0.717) is 12.8 Å². The Labute approximate surface area is 128 Å². The Balaban J connectivity index is 3.63. The van der Waals surface area contributed by atoms with E-state index in [9.17, 15) is 4.57 Å². The molecule has 0 aromatic carbocycles. The Morgan fingerprint density at radius 1 is 1.00 bits per heavy atom. The highest BCUT2D eigenvalue weighted by Gasteiger charge is 2.21. The van der Waals surface area contributed by atoms with E-state index in [1.54, 1.807) is 0 Å². The van der Waals surface area contributed by atoms with Gasteiger partial charge in [0.25, 0.3) is 0 Å². The van der Waals surface area contributed by atoms with Crippen molar-refractivity contribution in [3.8, 4) is 0 Å². The van der Waals surface area contributed by atoms with E-state index < -0.39 is 6.95 Å². The van der Waals surface area contributed by atoms with Gasteiger partial charge in [0, 0.05) is 11.2 Å². The molecule has 0 rings (SSSR count). The first-order valence-electron chi connectivity index (χ1n) is 3.98. The summed E-state index contributed by atoms with van der Waals surface area (Å²) in [6.45, 7) is -2.87. The fraction of sp³-hybridized carbons (Fsp3) is 1.00. The molecule has 0 bridgehead atoms. The molecule has 15 heavy (non-hydrogen) atoms. The molecule has 0 N–H and O–H groups in total. The molecule has 0 aromatic heterocycles. The van der Waals surface area contributed by atoms with Gasteiger partial charge in [-0.1, -0.05) is 63.7 Å². The van der Waals surface area contributed by atoms with Crippen LogP contribution < -0.4 is 0 Å². The van der Waals surface area contributed by atoms with E-state index in [4.69, 9.17) is 20.3 Å². The Morgan fingerprint density at radius 2 is 1.33 bits per heavy atom. The highest BCUT2D eigenvalue weighted by Crippen LogP contribution is 2.53. The number of rotatable bonds is 8. The lowest BCUT2D eigenvalue weighted by Crippen LogP contribution is -2.00. The van der Waals surface area contributed by atoms with Crippen LogP contribution in [-0.2, 0) is 13.6 Å². The Morgan fingerprint density at radius 3 is 1.60 bits per heavy atom. The van der Waals surface area contributed by atoms with Crippen LogP contribution in [0, 0.1) is 0 Å². The minimum absolute atomic E-state index is 0.121. The van der Waals surface area contributed by atoms with E-state index in [1.165, 1.54) is 0 Å². The predicted molar refractivity (Wildman–Crippen MR) is 77.9 cm³/mol. The summed E-state index contributed by atoms with van der Waals surface area (Å²) >= 11 is 18.6. The molecule has 0 aliphatic heterocycles. The average molecular weight is 516 g/mol. The molecular weight excluding hydrogens is 506 g/mol. The number of hydrogen-bond donors (Lipinski definition) is 0. The molecule has 92 valence electrons. The van der Waals surface area contributed by atoms with Gasteiger partial charge in [0.1, 0.15) is 0 Å². The van der Waals surface area contributed by atoms with Crippen LogP contribution >= 0.6 is 81.9 Å². The summed E-state index contributed by atoms with van der Waals surface area (Å²) in [5, 5.41) is 0. The smallest absolute Gasteiger partial charge is 0.297 e. The monoisotopic (exact) mass is 512 g/mol. The second-order valence-corrected chi connectivity index (χ2v) is 12.0. The first-order chi connectivity index (χ1) is 6.83. The molecule has 3 nitrogen and oxygen atoms in total. The Hall–Kier alpha value is 2.36. The number of halogens is 5. The van der Waals surface area contributed by atoms with Gasteiger partial charge < -0.3 is 0 Å². The SMILES string of the molecule is O=P(Cl)(OCCC(Br)Br)OCCC(Br)Br. The zero-order valence-corrected chi connectivity index (χ0v) is 15.5. The van der Waals surface area contributed by atoms with Crippen LogP contribution in [0.2, 0.25) is 0 Å². The van der Waals surface area contributed by atoms with Crippen LogP contribution in [-0.4, -0.2) is 20.7 Å². The first-order valence-corrected chi connectivity index (χ1v) is 10.1. The van der Waals surface area contributed by atoms with Crippen molar-refractivity contribution in [1.82, 2.24) is 0 Å². The fourth-order valence-electron chi connectivity index (χ4n) is 0.539. The van der Waals surface area contributed by atoms with E-state index in [2.05, 4.69) is 63.7 Å². The molecule has 0 fully saturated rings. The van der Waals surface area contributed by atoms with Crippen LogP contribution in [0.3, 0.4) is 0 Å². The van der Waals surface area contributed by atoms with Gasteiger partial charge in [-0.25, -0.2) is 4.57 Å². The maximum atomic E-state index is 11.4. The van der Waals surface area contributed by atoms with Crippen LogP contribution in [0.15, 0.2) is 0 Å². The Bertz CT molecular complexity index is 199. The lowest BCUT2D eigenvalue weighted by atomic mass is 10.5. The minimum atomic E-state index is -3.42. The maximum absolute atomic E-state index is 11.4. The molecule has 0 saturated heterocycles. The van der Waals surface area contributed by atoms with Crippen molar-refractivity contribution in [1.29, 1.82) is 0 Å². The standard InChI is InChI=1S/C6H10Br4ClO3P/c7-5(8)1-3-13-15(11,12)14-4-2-6(9)10/h5-6H,1-4H2. The van der Waals surface area contributed by atoms with E-state index in [0.717, 1.165) is 0 Å². The van der Waals surface area contributed by atoms with Gasteiger partial charge in [-0.15, -0.1) is 0 Å². The van der Waals surface area contributed by atoms with Crippen LogP contribution in [0.5, 0.6) is 0 Å². The normalized spacial score (nSPS) is 12.7. The summed E-state index contributed by atoms with van der Waals surface area (Å²) in [7, 11) is 0. The number of alkyl halides is 4. The van der Waals surface area contributed by atoms with Crippen molar-refractivity contribution in [2.75, 3.05) is 13.2 Å². The molecule has 0 atom stereocenters. The molecule has 0 radical (unpaired) electrons. The van der Waals surface area contributed by atoms with Gasteiger partial charge in [0.2, 0.25) is 0 Å². The topological polar surface area (TPSA) is 35.5 Å². The molecule has 0 spiro atoms. The maximum Gasteiger partial charge on any atom is 0.424 e. The van der Waals surface area contributed by atoms with Gasteiger partial charge in [0.15, 0.2) is 0 Å². The molecular formula is C6H10Br4ClO3P. The third-order valence-corrected chi connectivity index (χ3v) is 4.56. The third kappa shape index (κ3) is 12.6. The molecule has 0 saturated carbocycles. The fourth-order valence-corrected chi connectivity index (χ4v) is 2.42. The van der Waals surface area contributed by atoms with Crippen molar-refractivity contribution in [3.05, 3.63) is 0 Å². The molecule has 0 aliphatic carbocycles. The van der Waals surface area contributed by atoms with Crippen molar-refractivity contribution in [2.24, 2.45) is 0 Å². The predicted octanol–water partition coefficient (Wildman–Crippen LogP) is 5.38. The van der Waals surface area contributed by atoms with Gasteiger partial charge in [-0.3, -0.25) is 9.05 Å². The van der Waals surface area contributed by atoms with E-state index >= 15 is 0 Å². The first kappa shape index (κ1) is 17.4. The zero-order valence-electron chi connectivity index (χ0n) is 7.54. The number of hydrogen-bond acceptors (Lipinski definition) is 3. The van der Waals surface area contributed by atoms with Gasteiger partial charge in [-0.2, -0.15) is 0 Å². The van der Waals surface area contributed by atoms with E-state index in [-0.39, 0.29) is 20.7 Å². The molecule has 0 amide bonds. The minimum Gasteiger partial charge on any atom is -0.297 e. The Kier molecular flexibility index (Phi) is 10.8. The molecule has 0 heterocycles. The summed E-state index contributed by atoms with van der Waals surface area (Å²) in [6, 6.07) is 0. The van der Waals surface area contributed by atoms with Crippen LogP contribution in [0.25, 0.3) is 0 Å².